The van der Waals surface area contributed by atoms with Gasteiger partial charge >= 0.3 is 12.1 Å². The number of esters is 1. The molecule has 4 N–H and O–H groups in total. The Morgan fingerprint density at radius 3 is 2.15 bits per heavy atom. The third kappa shape index (κ3) is 13.0. The van der Waals surface area contributed by atoms with Gasteiger partial charge in [-0.05, 0) is 43.4 Å². The van der Waals surface area contributed by atoms with Gasteiger partial charge in [0.15, 0.2) is 5.89 Å². The van der Waals surface area contributed by atoms with Crippen molar-refractivity contribution in [3.8, 4) is 0 Å². The zero-order valence-electron chi connectivity index (χ0n) is 28.1. The van der Waals surface area contributed by atoms with E-state index in [1.165, 1.54) is 11.8 Å². The molecule has 1 heterocycles. The first-order valence-corrected chi connectivity index (χ1v) is 17.0. The fourth-order valence-corrected chi connectivity index (χ4v) is 5.29. The fraction of sp³-hybridized carbons (Fsp3) is 0.606. The molecule has 2 rings (SSSR count). The molecule has 1 aromatic heterocycles. The number of alkyl carbamates (subject to hydrolysis) is 1. The molecule has 0 radical (unpaired) electrons. The van der Waals surface area contributed by atoms with Crippen molar-refractivity contribution in [3.63, 3.8) is 0 Å². The molecule has 2 aromatic rings. The number of carbonyl (C=O) groups is 4. The summed E-state index contributed by atoms with van der Waals surface area (Å²) in [5.41, 5.74) is 1.32. The zero-order chi connectivity index (χ0) is 34.4. The largest absolute Gasteiger partial charge is 0.459 e. The van der Waals surface area contributed by atoms with E-state index >= 15 is 0 Å². The number of aryl methyl sites for hydroxylation is 2. The second kappa shape index (κ2) is 19.2. The van der Waals surface area contributed by atoms with Gasteiger partial charge in [0.25, 0.3) is 0 Å². The Hall–Kier alpha value is -3.58. The highest BCUT2D eigenvalue weighted by Gasteiger charge is 2.32. The van der Waals surface area contributed by atoms with Gasteiger partial charge in [-0.2, -0.15) is 11.8 Å². The molecule has 0 unspecified atom stereocenters. The third-order valence-corrected chi connectivity index (χ3v) is 7.95. The molecule has 0 fully saturated rings. The molecule has 3 amide bonds. The van der Waals surface area contributed by atoms with Gasteiger partial charge in [0.05, 0.1) is 12.1 Å². The molecule has 0 saturated carbocycles. The molecule has 1 aromatic carbocycles. The van der Waals surface area contributed by atoms with Crippen LogP contribution < -0.4 is 16.0 Å². The minimum atomic E-state index is -1.07. The van der Waals surface area contributed by atoms with Crippen molar-refractivity contribution < 1.29 is 38.2 Å². The molecule has 256 valence electrons. The van der Waals surface area contributed by atoms with Crippen LogP contribution in [0.5, 0.6) is 0 Å². The maximum Gasteiger partial charge on any atom is 0.408 e. The van der Waals surface area contributed by atoms with Crippen LogP contribution in [0.2, 0.25) is 0 Å². The van der Waals surface area contributed by atoms with Gasteiger partial charge in [0.2, 0.25) is 11.8 Å². The predicted molar refractivity (Wildman–Crippen MR) is 176 cm³/mol. The first-order chi connectivity index (χ1) is 21.7. The van der Waals surface area contributed by atoms with Crippen LogP contribution in [0.15, 0.2) is 34.7 Å². The topological polar surface area (TPSA) is 169 Å². The summed E-state index contributed by atoms with van der Waals surface area (Å²) in [7, 11) is 0. The molecule has 12 nitrogen and oxygen atoms in total. The maximum atomic E-state index is 13.3. The van der Waals surface area contributed by atoms with E-state index in [4.69, 9.17) is 13.9 Å². The van der Waals surface area contributed by atoms with E-state index < -0.39 is 54.0 Å². The van der Waals surface area contributed by atoms with E-state index in [0.717, 1.165) is 5.56 Å². The second-order valence-electron chi connectivity index (χ2n) is 12.2. The van der Waals surface area contributed by atoms with Crippen molar-refractivity contribution >= 4 is 35.6 Å². The van der Waals surface area contributed by atoms with Crippen molar-refractivity contribution in [1.82, 2.24) is 20.9 Å². The molecule has 0 aliphatic carbocycles. The average Bonchev–Trinajstić information content (AvgIpc) is 3.32. The lowest BCUT2D eigenvalue weighted by atomic mass is 9.92. The van der Waals surface area contributed by atoms with Crippen molar-refractivity contribution in [2.24, 2.45) is 17.8 Å². The molecular weight excluding hydrogens is 612 g/mol. The molecule has 0 saturated heterocycles. The fourth-order valence-electron chi connectivity index (χ4n) is 4.72. The van der Waals surface area contributed by atoms with E-state index in [2.05, 4.69) is 20.9 Å². The van der Waals surface area contributed by atoms with E-state index in [-0.39, 0.29) is 37.2 Å². The van der Waals surface area contributed by atoms with Crippen LogP contribution in [0.1, 0.15) is 70.4 Å². The van der Waals surface area contributed by atoms with Gasteiger partial charge in [-0.1, -0.05) is 65.0 Å². The summed E-state index contributed by atoms with van der Waals surface area (Å²) in [4.78, 5) is 56.0. The van der Waals surface area contributed by atoms with E-state index in [9.17, 15) is 24.3 Å². The van der Waals surface area contributed by atoms with Crippen LogP contribution in [0, 0.1) is 31.6 Å². The highest BCUT2D eigenvalue weighted by molar-refractivity contribution is 7.98. The second-order valence-corrected chi connectivity index (χ2v) is 13.1. The monoisotopic (exact) mass is 662 g/mol. The van der Waals surface area contributed by atoms with E-state index in [0.29, 0.717) is 23.8 Å². The molecule has 0 bridgehead atoms. The predicted octanol–water partition coefficient (Wildman–Crippen LogP) is 4.05. The summed E-state index contributed by atoms with van der Waals surface area (Å²) in [5.74, 6) is -0.963. The molecule has 46 heavy (non-hydrogen) atoms. The standard InChI is InChI=1S/C33H50N4O8S/c1-19(2)14-25(35-31(40)27(18-46-8)36-33(42)44-17-26-22(6)45-23(7)34-26)28(38)15-21(5)30(39)37-29(20(3)4)32(41)43-16-24-12-10-9-11-13-24/h9-13,19-21,25,27-29,38H,14-18H2,1-8H3,(H,35,40)(H,36,42)(H,37,39)/t21-,25-,27+,28+,29-/m1/s1. The van der Waals surface area contributed by atoms with Crippen LogP contribution in [0.4, 0.5) is 4.79 Å². The Bertz CT molecular complexity index is 1270. The maximum absolute atomic E-state index is 13.3. The Morgan fingerprint density at radius 1 is 0.913 bits per heavy atom. The van der Waals surface area contributed by atoms with Gasteiger partial charge < -0.3 is 34.9 Å². The average molecular weight is 663 g/mol. The third-order valence-electron chi connectivity index (χ3n) is 7.28. The SMILES string of the molecule is CSC[C@H](NC(=O)OCc1nc(C)oc1C)C(=O)N[C@H](CC(C)C)[C@@H](O)C[C@@H](C)C(=O)N[C@@H](C(=O)OCc1ccccc1)C(C)C. The van der Waals surface area contributed by atoms with Gasteiger partial charge in [-0.25, -0.2) is 14.6 Å². The number of aromatic nitrogens is 1. The van der Waals surface area contributed by atoms with Crippen molar-refractivity contribution in [2.45, 2.75) is 98.8 Å². The number of amides is 3. The number of nitrogens with zero attached hydrogens (tertiary/aromatic N) is 1. The summed E-state index contributed by atoms with van der Waals surface area (Å²) in [6, 6.07) is 6.78. The molecule has 5 atom stereocenters. The van der Waals surface area contributed by atoms with Gasteiger partial charge in [0.1, 0.15) is 36.8 Å². The Kier molecular flexibility index (Phi) is 16.1. The number of benzene rings is 1. The summed E-state index contributed by atoms with van der Waals surface area (Å²) < 4.78 is 16.1. The summed E-state index contributed by atoms with van der Waals surface area (Å²) in [6.45, 7) is 12.6. The smallest absolute Gasteiger partial charge is 0.408 e. The lowest BCUT2D eigenvalue weighted by Crippen LogP contribution is -2.54. The molecular formula is C33H50N4O8S. The Labute approximate surface area is 276 Å². The number of carbonyl (C=O) groups excluding carboxylic acids is 4. The first kappa shape index (κ1) is 38.6. The van der Waals surface area contributed by atoms with Gasteiger partial charge in [-0.15, -0.1) is 0 Å². The first-order valence-electron chi connectivity index (χ1n) is 15.6. The molecule has 13 heteroatoms. The van der Waals surface area contributed by atoms with Crippen LogP contribution in [0.25, 0.3) is 0 Å². The van der Waals surface area contributed by atoms with Crippen LogP contribution in [0.3, 0.4) is 0 Å². The minimum absolute atomic E-state index is 0.0342. The highest BCUT2D eigenvalue weighted by atomic mass is 32.2. The quantitative estimate of drug-likeness (QED) is 0.171. The normalized spacial score (nSPS) is 14.6. The van der Waals surface area contributed by atoms with Crippen molar-refractivity contribution in [1.29, 1.82) is 0 Å². The molecule has 0 spiro atoms. The number of thioether (sulfide) groups is 1. The summed E-state index contributed by atoms with van der Waals surface area (Å²) in [5, 5.41) is 19.4. The summed E-state index contributed by atoms with van der Waals surface area (Å²) >= 11 is 1.36. The van der Waals surface area contributed by atoms with Crippen molar-refractivity contribution in [2.75, 3.05) is 12.0 Å². The summed E-state index contributed by atoms with van der Waals surface area (Å²) in [6.07, 6.45) is 0.407. The van der Waals surface area contributed by atoms with Gasteiger partial charge in [-0.3, -0.25) is 9.59 Å². The number of aliphatic hydroxyl groups is 1. The number of aliphatic hydroxyl groups excluding tert-OH is 1. The number of oxazole rings is 1. The molecule has 0 aliphatic rings. The number of hydrogen-bond donors (Lipinski definition) is 4. The molecule has 0 aliphatic heterocycles. The Balaban J connectivity index is 1.99. The zero-order valence-corrected chi connectivity index (χ0v) is 28.9. The number of nitrogens with one attached hydrogen (secondary N) is 3. The van der Waals surface area contributed by atoms with Crippen LogP contribution in [-0.4, -0.2) is 70.2 Å². The van der Waals surface area contributed by atoms with Crippen LogP contribution >= 0.6 is 11.8 Å². The van der Waals surface area contributed by atoms with E-state index in [1.54, 1.807) is 27.0 Å². The minimum Gasteiger partial charge on any atom is -0.459 e. The Morgan fingerprint density at radius 2 is 1.59 bits per heavy atom. The number of ether oxygens (including phenoxy) is 2. The number of hydrogen-bond acceptors (Lipinski definition) is 10. The van der Waals surface area contributed by atoms with Gasteiger partial charge in [0, 0.05) is 18.6 Å². The lowest BCUT2D eigenvalue weighted by molar-refractivity contribution is -0.151. The highest BCUT2D eigenvalue weighted by Crippen LogP contribution is 2.18. The lowest BCUT2D eigenvalue weighted by Gasteiger charge is -2.30. The van der Waals surface area contributed by atoms with Crippen LogP contribution in [-0.2, 0) is 37.1 Å². The van der Waals surface area contributed by atoms with Crippen molar-refractivity contribution in [3.05, 3.63) is 53.2 Å². The number of rotatable bonds is 18. The van der Waals surface area contributed by atoms with E-state index in [1.807, 2.05) is 58.0 Å².